The average Bonchev–Trinajstić information content (AvgIpc) is 3.67. The number of anilines is 3. The summed E-state index contributed by atoms with van der Waals surface area (Å²) in [5.74, 6) is -1.71. The number of aromatic nitrogens is 2. The van der Waals surface area contributed by atoms with Crippen molar-refractivity contribution < 1.29 is 22.3 Å². The number of nitrogens with zero attached hydrogens (tertiary/aromatic N) is 5. The molecule has 4 aromatic rings. The predicted octanol–water partition coefficient (Wildman–Crippen LogP) is 3.41. The summed E-state index contributed by atoms with van der Waals surface area (Å²) in [6, 6.07) is 14.0. The van der Waals surface area contributed by atoms with Crippen LogP contribution in [0.4, 0.5) is 30.2 Å². The highest BCUT2D eigenvalue weighted by Gasteiger charge is 2.49. The number of likely N-dealkylation sites (tertiary alicyclic amines) is 1. The summed E-state index contributed by atoms with van der Waals surface area (Å²) in [7, 11) is 0. The third-order valence-corrected chi connectivity index (χ3v) is 8.11. The molecule has 3 fully saturated rings. The lowest BCUT2D eigenvalue weighted by atomic mass is 10.1. The number of hydrogen-bond donors (Lipinski definition) is 0. The number of hydrogen-bond acceptors (Lipinski definition) is 9. The molecule has 7 rings (SSSR count). The van der Waals surface area contributed by atoms with Crippen molar-refractivity contribution in [3.63, 3.8) is 0 Å². The minimum Gasteiger partial charge on any atom is -0.415 e. The number of fused-ring (bicyclic) bond motifs is 2. The van der Waals surface area contributed by atoms with Crippen molar-refractivity contribution in [3.05, 3.63) is 86.2 Å². The largest absolute Gasteiger partial charge is 0.415 e. The van der Waals surface area contributed by atoms with Gasteiger partial charge in [0.25, 0.3) is 16.7 Å². The Labute approximate surface area is 226 Å². The molecule has 9 nitrogen and oxygen atoms in total. The zero-order valence-electron chi connectivity index (χ0n) is 21.2. The Balaban J connectivity index is 1.20. The molecule has 206 valence electrons. The van der Waals surface area contributed by atoms with E-state index >= 15 is 4.39 Å². The number of halogens is 3. The molecule has 4 heterocycles. The van der Waals surface area contributed by atoms with Crippen molar-refractivity contribution >= 4 is 17.1 Å². The second kappa shape index (κ2) is 9.56. The molecule has 0 aliphatic carbocycles. The normalized spacial score (nSPS) is 21.1. The van der Waals surface area contributed by atoms with E-state index in [4.69, 9.17) is 9.15 Å². The molecule has 3 aliphatic rings. The van der Waals surface area contributed by atoms with Gasteiger partial charge in [0.2, 0.25) is 5.89 Å². The maximum absolute atomic E-state index is 15.4. The van der Waals surface area contributed by atoms with E-state index in [0.29, 0.717) is 30.0 Å². The number of benzene rings is 2. The van der Waals surface area contributed by atoms with Crippen LogP contribution < -0.4 is 20.7 Å². The Morgan fingerprint density at radius 3 is 2.40 bits per heavy atom. The van der Waals surface area contributed by atoms with Crippen molar-refractivity contribution in [1.82, 2.24) is 15.1 Å². The average molecular weight is 552 g/mol. The first-order chi connectivity index (χ1) is 19.4. The molecule has 0 unspecified atom stereocenters. The molecule has 1 aromatic heterocycles. The molecule has 3 aromatic carbocycles. The van der Waals surface area contributed by atoms with Crippen LogP contribution in [0.2, 0.25) is 0 Å². The molecule has 0 N–H and O–H groups in total. The van der Waals surface area contributed by atoms with Crippen LogP contribution in [0.5, 0.6) is 0 Å². The van der Waals surface area contributed by atoms with E-state index in [9.17, 15) is 18.4 Å². The fraction of sp³-hybridized carbons (Fsp3) is 0.357. The van der Waals surface area contributed by atoms with Gasteiger partial charge in [-0.15, -0.1) is 10.2 Å². The molecular formula is C28H24F3N5O4. The van der Waals surface area contributed by atoms with E-state index in [1.165, 1.54) is 12.1 Å². The van der Waals surface area contributed by atoms with Crippen LogP contribution in [-0.2, 0) is 11.3 Å². The third-order valence-electron chi connectivity index (χ3n) is 8.11. The molecular weight excluding hydrogens is 527 g/mol. The molecule has 40 heavy (non-hydrogen) atoms. The maximum Gasteiger partial charge on any atom is 0.314 e. The topological polar surface area (TPSA) is 92.0 Å². The second-order valence-electron chi connectivity index (χ2n) is 10.4. The van der Waals surface area contributed by atoms with Gasteiger partial charge in [0, 0.05) is 42.0 Å². The Morgan fingerprint density at radius 2 is 1.77 bits per heavy atom. The highest BCUT2D eigenvalue weighted by Crippen LogP contribution is 2.41. The van der Waals surface area contributed by atoms with Crippen molar-refractivity contribution in [1.29, 1.82) is 0 Å². The fourth-order valence-corrected chi connectivity index (χ4v) is 6.04. The Kier molecular flexibility index (Phi) is 5.97. The minimum absolute atomic E-state index is 0.0342. The number of piperazine rings is 1. The second-order valence-corrected chi connectivity index (χ2v) is 10.4. The van der Waals surface area contributed by atoms with Gasteiger partial charge in [-0.05, 0) is 30.7 Å². The van der Waals surface area contributed by atoms with Gasteiger partial charge in [-0.3, -0.25) is 14.5 Å². The molecule has 2 bridgehead atoms. The first-order valence-electron chi connectivity index (χ1n) is 13.1. The minimum atomic E-state index is -2.93. The van der Waals surface area contributed by atoms with Crippen molar-refractivity contribution in [2.45, 2.75) is 37.5 Å². The Morgan fingerprint density at radius 1 is 0.975 bits per heavy atom. The van der Waals surface area contributed by atoms with Crippen LogP contribution in [0.1, 0.15) is 24.3 Å². The van der Waals surface area contributed by atoms with Crippen LogP contribution in [0.25, 0.3) is 11.5 Å². The standard InChI is InChI=1S/C28H24F3N5O4/c29-21-8-15(27-32-33-28(40-27)26(30)31)6-7-16(21)10-35(17-4-2-1-3-5-17)22-23(25(38)24(22)37)36-12-18-9-19(36)11-34(18)20-13-39-14-20/h1-8,18-20,26H,9-14H2/t18-,19-/m0/s1. The predicted molar refractivity (Wildman–Crippen MR) is 139 cm³/mol. The molecule has 0 spiro atoms. The number of para-hydroxylation sites is 1. The number of alkyl halides is 2. The SMILES string of the molecule is O=c1c(N(Cc2ccc(-c3nnc(C(F)F)o3)cc2F)c2ccccc2)c(N2C[C@@H]3C[C@H]2CN3C2COC2)c1=O. The highest BCUT2D eigenvalue weighted by molar-refractivity contribution is 5.82. The van der Waals surface area contributed by atoms with Gasteiger partial charge in [-0.1, -0.05) is 24.3 Å². The molecule has 0 amide bonds. The van der Waals surface area contributed by atoms with Crippen molar-refractivity contribution in [2.24, 2.45) is 0 Å². The first-order valence-corrected chi connectivity index (χ1v) is 13.1. The van der Waals surface area contributed by atoms with Crippen LogP contribution in [0.3, 0.4) is 0 Å². The van der Waals surface area contributed by atoms with Crippen LogP contribution in [0, 0.1) is 5.82 Å². The number of rotatable bonds is 8. The fourth-order valence-electron chi connectivity index (χ4n) is 6.04. The molecule has 2 atom stereocenters. The van der Waals surface area contributed by atoms with Gasteiger partial charge in [0.05, 0.1) is 25.8 Å². The monoisotopic (exact) mass is 551 g/mol. The van der Waals surface area contributed by atoms with Crippen molar-refractivity contribution in [3.8, 4) is 11.5 Å². The molecule has 3 saturated heterocycles. The van der Waals surface area contributed by atoms with E-state index in [2.05, 4.69) is 15.1 Å². The zero-order chi connectivity index (χ0) is 27.5. The van der Waals surface area contributed by atoms with E-state index in [1.807, 2.05) is 11.0 Å². The van der Waals surface area contributed by atoms with Gasteiger partial charge in [0.1, 0.15) is 17.2 Å². The lowest BCUT2D eigenvalue weighted by Gasteiger charge is -2.43. The summed E-state index contributed by atoms with van der Waals surface area (Å²) in [5, 5.41) is 6.86. The maximum atomic E-state index is 15.4. The van der Waals surface area contributed by atoms with Gasteiger partial charge < -0.3 is 19.0 Å². The Hall–Kier alpha value is -4.03. The summed E-state index contributed by atoms with van der Waals surface area (Å²) >= 11 is 0. The van der Waals surface area contributed by atoms with E-state index in [-0.39, 0.29) is 35.3 Å². The smallest absolute Gasteiger partial charge is 0.314 e. The first kappa shape index (κ1) is 25.0. The number of ether oxygens (including phenoxy) is 1. The van der Waals surface area contributed by atoms with Crippen LogP contribution >= 0.6 is 0 Å². The Bertz CT molecular complexity index is 1630. The summed E-state index contributed by atoms with van der Waals surface area (Å²) < 4.78 is 51.3. The lowest BCUT2D eigenvalue weighted by Crippen LogP contribution is -2.58. The zero-order valence-corrected chi connectivity index (χ0v) is 21.2. The summed E-state index contributed by atoms with van der Waals surface area (Å²) in [4.78, 5) is 32.2. The summed E-state index contributed by atoms with van der Waals surface area (Å²) in [6.45, 7) is 2.87. The van der Waals surface area contributed by atoms with E-state index < -0.39 is 29.0 Å². The molecule has 3 aliphatic heterocycles. The van der Waals surface area contributed by atoms with Crippen LogP contribution in [-0.4, -0.2) is 59.5 Å². The van der Waals surface area contributed by atoms with Gasteiger partial charge in [-0.2, -0.15) is 8.78 Å². The van der Waals surface area contributed by atoms with Gasteiger partial charge in [-0.25, -0.2) is 4.39 Å². The van der Waals surface area contributed by atoms with Gasteiger partial charge in [0.15, 0.2) is 0 Å². The molecule has 0 saturated carbocycles. The highest BCUT2D eigenvalue weighted by atomic mass is 19.3. The quantitative estimate of drug-likeness (QED) is 0.306. The van der Waals surface area contributed by atoms with Gasteiger partial charge >= 0.3 is 6.43 Å². The van der Waals surface area contributed by atoms with E-state index in [1.54, 1.807) is 29.2 Å². The van der Waals surface area contributed by atoms with Crippen molar-refractivity contribution in [2.75, 3.05) is 36.1 Å². The molecule has 0 radical (unpaired) electrons. The van der Waals surface area contributed by atoms with E-state index in [0.717, 1.165) is 32.2 Å². The third kappa shape index (κ3) is 4.01. The summed E-state index contributed by atoms with van der Waals surface area (Å²) in [5.41, 5.74) is 0.529. The van der Waals surface area contributed by atoms with Crippen LogP contribution in [0.15, 0.2) is 62.5 Å². The lowest BCUT2D eigenvalue weighted by molar-refractivity contribution is -0.0708. The summed E-state index contributed by atoms with van der Waals surface area (Å²) in [6.07, 6.45) is -2.02. The molecule has 12 heteroatoms.